The molecule has 2 atom stereocenters. The fraction of sp³-hybridized carbons (Fsp3) is 0.556. The fourth-order valence-electron chi connectivity index (χ4n) is 3.63. The van der Waals surface area contributed by atoms with Crippen molar-refractivity contribution in [3.8, 4) is 11.5 Å². The minimum atomic E-state index is -4.69. The van der Waals surface area contributed by atoms with Crippen LogP contribution in [0.25, 0.3) is 11.5 Å². The molecule has 0 N–H and O–H groups in total. The van der Waals surface area contributed by atoms with Crippen LogP contribution < -0.4 is 4.90 Å². The molecule has 156 valence electrons. The lowest BCUT2D eigenvalue weighted by molar-refractivity contribution is -0.156. The third-order valence-electron chi connectivity index (χ3n) is 4.83. The number of fused-ring (bicyclic) bond motifs is 2. The first kappa shape index (κ1) is 19.5. The lowest BCUT2D eigenvalue weighted by Crippen LogP contribution is -2.50. The zero-order valence-electron chi connectivity index (χ0n) is 16.1. The van der Waals surface area contributed by atoms with Crippen LogP contribution in [0.5, 0.6) is 0 Å². The molecule has 0 aromatic carbocycles. The molecule has 4 heterocycles. The van der Waals surface area contributed by atoms with Gasteiger partial charge in [-0.3, -0.25) is 0 Å². The molecule has 0 saturated carbocycles. The molecule has 1 amide bonds. The standard InChI is InChI=1S/C18H20F3N5O3/c1-17(2,3)29-16(27)26-9-11-6-12(26)8-25(11)13-5-4-10(7-22-13)14-23-24-15(28-14)18(19,20)21/h4-5,7,11-12H,6,8-9H2,1-3H3. The number of carbonyl (C=O) groups excluding carboxylic acids is 1. The first-order valence-corrected chi connectivity index (χ1v) is 9.15. The number of anilines is 1. The molecule has 2 fully saturated rings. The highest BCUT2D eigenvalue weighted by molar-refractivity contribution is 5.70. The van der Waals surface area contributed by atoms with Gasteiger partial charge in [0.05, 0.1) is 17.6 Å². The highest BCUT2D eigenvalue weighted by Crippen LogP contribution is 2.35. The van der Waals surface area contributed by atoms with Gasteiger partial charge >= 0.3 is 18.2 Å². The van der Waals surface area contributed by atoms with Gasteiger partial charge in [0.2, 0.25) is 5.89 Å². The third-order valence-corrected chi connectivity index (χ3v) is 4.83. The molecule has 8 nitrogen and oxygen atoms in total. The van der Waals surface area contributed by atoms with Gasteiger partial charge < -0.3 is 19.0 Å². The molecule has 0 spiro atoms. The van der Waals surface area contributed by atoms with E-state index in [1.807, 2.05) is 20.8 Å². The molecule has 2 unspecified atom stereocenters. The smallest absolute Gasteiger partial charge is 0.444 e. The zero-order valence-corrected chi connectivity index (χ0v) is 16.1. The van der Waals surface area contributed by atoms with Crippen LogP contribution in [0.15, 0.2) is 22.7 Å². The molecular weight excluding hydrogens is 391 g/mol. The van der Waals surface area contributed by atoms with Gasteiger partial charge in [-0.05, 0) is 39.3 Å². The SMILES string of the molecule is CC(C)(C)OC(=O)N1CC2CC1CN2c1ccc(-c2nnc(C(F)(F)F)o2)cn1. The molecule has 29 heavy (non-hydrogen) atoms. The topological polar surface area (TPSA) is 84.6 Å². The molecule has 11 heteroatoms. The first-order chi connectivity index (χ1) is 13.5. The van der Waals surface area contributed by atoms with Gasteiger partial charge in [-0.1, -0.05) is 0 Å². The molecule has 2 aliphatic rings. The summed E-state index contributed by atoms with van der Waals surface area (Å²) in [5.41, 5.74) is -0.243. The summed E-state index contributed by atoms with van der Waals surface area (Å²) < 4.78 is 47.9. The summed E-state index contributed by atoms with van der Waals surface area (Å²) in [6.45, 7) is 6.66. The average molecular weight is 411 g/mol. The van der Waals surface area contributed by atoms with Gasteiger partial charge in [0.15, 0.2) is 0 Å². The average Bonchev–Trinajstić information content (AvgIpc) is 3.34. The number of hydrogen-bond acceptors (Lipinski definition) is 7. The third kappa shape index (κ3) is 3.85. The Morgan fingerprint density at radius 3 is 2.45 bits per heavy atom. The highest BCUT2D eigenvalue weighted by Gasteiger charge is 2.47. The maximum atomic E-state index is 12.6. The Balaban J connectivity index is 1.43. The van der Waals surface area contributed by atoms with Gasteiger partial charge in [0.1, 0.15) is 11.4 Å². The summed E-state index contributed by atoms with van der Waals surface area (Å²) in [5, 5.41) is 6.44. The number of amides is 1. The van der Waals surface area contributed by atoms with Crippen molar-refractivity contribution in [2.24, 2.45) is 0 Å². The van der Waals surface area contributed by atoms with Crippen molar-refractivity contribution in [3.05, 3.63) is 24.2 Å². The number of ether oxygens (including phenoxy) is 1. The van der Waals surface area contributed by atoms with Crippen LogP contribution >= 0.6 is 0 Å². The van der Waals surface area contributed by atoms with E-state index in [-0.39, 0.29) is 24.1 Å². The van der Waals surface area contributed by atoms with E-state index in [2.05, 4.69) is 24.5 Å². The van der Waals surface area contributed by atoms with Crippen molar-refractivity contribution >= 4 is 11.9 Å². The molecule has 2 aromatic rings. The predicted octanol–water partition coefficient (Wildman–Crippen LogP) is 3.35. The summed E-state index contributed by atoms with van der Waals surface area (Å²) in [5.74, 6) is -0.952. The molecule has 0 radical (unpaired) electrons. The summed E-state index contributed by atoms with van der Waals surface area (Å²) in [6, 6.07) is 3.45. The molecular formula is C18H20F3N5O3. The van der Waals surface area contributed by atoms with Crippen molar-refractivity contribution in [1.82, 2.24) is 20.1 Å². The number of halogens is 3. The van der Waals surface area contributed by atoms with Gasteiger partial charge in [0, 0.05) is 19.3 Å². The number of aromatic nitrogens is 3. The minimum absolute atomic E-state index is 0.0432. The number of likely N-dealkylation sites (tertiary alicyclic amines) is 1. The van der Waals surface area contributed by atoms with E-state index >= 15 is 0 Å². The molecule has 2 aromatic heterocycles. The van der Waals surface area contributed by atoms with Crippen LogP contribution in [0.3, 0.4) is 0 Å². The van der Waals surface area contributed by atoms with E-state index in [0.717, 1.165) is 6.42 Å². The van der Waals surface area contributed by atoms with Gasteiger partial charge in [-0.15, -0.1) is 10.2 Å². The first-order valence-electron chi connectivity index (χ1n) is 9.15. The molecule has 2 aliphatic heterocycles. The zero-order chi connectivity index (χ0) is 21.0. The second kappa shape index (κ2) is 6.60. The van der Waals surface area contributed by atoms with Crippen LogP contribution in [0.1, 0.15) is 33.1 Å². The number of hydrogen-bond donors (Lipinski definition) is 0. The van der Waals surface area contributed by atoms with Crippen molar-refractivity contribution < 1.29 is 27.1 Å². The monoisotopic (exact) mass is 411 g/mol. The predicted molar refractivity (Wildman–Crippen MR) is 95.0 cm³/mol. The number of carbonyl (C=O) groups is 1. The van der Waals surface area contributed by atoms with E-state index in [1.165, 1.54) is 6.20 Å². The summed E-state index contributed by atoms with van der Waals surface area (Å²) in [6.07, 6.45) is -2.78. The fourth-order valence-corrected chi connectivity index (χ4v) is 3.63. The summed E-state index contributed by atoms with van der Waals surface area (Å²) in [4.78, 5) is 20.5. The van der Waals surface area contributed by atoms with Crippen LogP contribution in [-0.2, 0) is 10.9 Å². The number of alkyl halides is 3. The number of pyridine rings is 1. The Morgan fingerprint density at radius 2 is 1.93 bits per heavy atom. The lowest BCUT2D eigenvalue weighted by atomic mass is 10.2. The van der Waals surface area contributed by atoms with Crippen molar-refractivity contribution in [1.29, 1.82) is 0 Å². The van der Waals surface area contributed by atoms with E-state index in [9.17, 15) is 18.0 Å². The Kier molecular flexibility index (Phi) is 4.43. The van der Waals surface area contributed by atoms with Crippen LogP contribution in [0.2, 0.25) is 0 Å². The van der Waals surface area contributed by atoms with E-state index in [1.54, 1.807) is 17.0 Å². The largest absolute Gasteiger partial charge is 0.470 e. The highest BCUT2D eigenvalue weighted by atomic mass is 19.4. The van der Waals surface area contributed by atoms with E-state index in [4.69, 9.17) is 4.74 Å². The van der Waals surface area contributed by atoms with E-state index in [0.29, 0.717) is 24.5 Å². The Bertz CT molecular complexity index is 907. The molecule has 2 saturated heterocycles. The molecule has 0 aliphatic carbocycles. The number of piperazine rings is 1. The van der Waals surface area contributed by atoms with Gasteiger partial charge in [-0.2, -0.15) is 13.2 Å². The number of rotatable bonds is 2. The Hall–Kier alpha value is -2.85. The van der Waals surface area contributed by atoms with Crippen LogP contribution in [0, 0.1) is 0 Å². The quantitative estimate of drug-likeness (QED) is 0.749. The minimum Gasteiger partial charge on any atom is -0.444 e. The number of nitrogens with zero attached hydrogens (tertiary/aromatic N) is 5. The van der Waals surface area contributed by atoms with Crippen molar-refractivity contribution in [2.75, 3.05) is 18.0 Å². The maximum absolute atomic E-state index is 12.6. The molecule has 4 rings (SSSR count). The normalized spacial score (nSPS) is 21.7. The van der Waals surface area contributed by atoms with Crippen LogP contribution in [0.4, 0.5) is 23.8 Å². The van der Waals surface area contributed by atoms with Crippen molar-refractivity contribution in [2.45, 2.75) is 51.1 Å². The van der Waals surface area contributed by atoms with Gasteiger partial charge in [-0.25, -0.2) is 9.78 Å². The second-order valence-electron chi connectivity index (χ2n) is 8.14. The summed E-state index contributed by atoms with van der Waals surface area (Å²) >= 11 is 0. The molecule has 2 bridgehead atoms. The van der Waals surface area contributed by atoms with Gasteiger partial charge in [0.25, 0.3) is 0 Å². The van der Waals surface area contributed by atoms with E-state index < -0.39 is 17.7 Å². The summed E-state index contributed by atoms with van der Waals surface area (Å²) in [7, 11) is 0. The van der Waals surface area contributed by atoms with Crippen molar-refractivity contribution in [3.63, 3.8) is 0 Å². The maximum Gasteiger partial charge on any atom is 0.470 e. The van der Waals surface area contributed by atoms with Crippen LogP contribution in [-0.4, -0.2) is 56.9 Å². The Labute approximate surface area is 164 Å². The lowest BCUT2D eigenvalue weighted by Gasteiger charge is -2.35. The second-order valence-corrected chi connectivity index (χ2v) is 8.14. The Morgan fingerprint density at radius 1 is 1.17 bits per heavy atom.